The average Bonchev–Trinajstić information content (AvgIpc) is 2.10. The van der Waals surface area contributed by atoms with E-state index in [0.29, 0.717) is 17.5 Å². The summed E-state index contributed by atoms with van der Waals surface area (Å²) in [5.74, 6) is 0. The van der Waals surface area contributed by atoms with E-state index in [1.165, 1.54) is 0 Å². The predicted molar refractivity (Wildman–Crippen MR) is 64.4 cm³/mol. The van der Waals surface area contributed by atoms with Crippen molar-refractivity contribution in [1.82, 2.24) is 4.90 Å². The van der Waals surface area contributed by atoms with E-state index in [4.69, 9.17) is 5.73 Å². The van der Waals surface area contributed by atoms with Gasteiger partial charge in [0.25, 0.3) is 0 Å². The minimum absolute atomic E-state index is 0.352. The van der Waals surface area contributed by atoms with Crippen molar-refractivity contribution >= 4 is 0 Å². The molecule has 2 N–H and O–H groups in total. The Morgan fingerprint density at radius 3 is 2.14 bits per heavy atom. The Labute approximate surface area is 89.9 Å². The topological polar surface area (TPSA) is 29.3 Å². The van der Waals surface area contributed by atoms with Crippen LogP contribution in [0.5, 0.6) is 0 Å². The monoisotopic (exact) mass is 200 g/mol. The molecule has 0 aliphatic heterocycles. The maximum Gasteiger partial charge on any atom is 0.0112 e. The maximum absolute atomic E-state index is 5.90. The highest BCUT2D eigenvalue weighted by Crippen LogP contribution is 2.23. The molecule has 0 aliphatic rings. The van der Waals surface area contributed by atoms with Gasteiger partial charge in [-0.1, -0.05) is 27.7 Å². The Balaban J connectivity index is 3.90. The first-order chi connectivity index (χ1) is 6.29. The van der Waals surface area contributed by atoms with Crippen molar-refractivity contribution < 1.29 is 0 Å². The molecule has 0 aromatic rings. The second kappa shape index (κ2) is 5.72. The zero-order valence-electron chi connectivity index (χ0n) is 10.8. The van der Waals surface area contributed by atoms with Crippen LogP contribution in [-0.2, 0) is 0 Å². The van der Waals surface area contributed by atoms with Crippen LogP contribution in [0.1, 0.15) is 47.5 Å². The highest BCUT2D eigenvalue weighted by Gasteiger charge is 2.23. The lowest BCUT2D eigenvalue weighted by atomic mass is 9.87. The van der Waals surface area contributed by atoms with Crippen LogP contribution >= 0.6 is 0 Å². The molecule has 0 heterocycles. The molecule has 14 heavy (non-hydrogen) atoms. The SMILES string of the molecule is CCC(N)CCN(C)C(C)C(C)(C)C. The van der Waals surface area contributed by atoms with Crippen molar-refractivity contribution in [3.63, 3.8) is 0 Å². The fraction of sp³-hybridized carbons (Fsp3) is 1.00. The van der Waals surface area contributed by atoms with E-state index in [0.717, 1.165) is 19.4 Å². The lowest BCUT2D eigenvalue weighted by Crippen LogP contribution is -2.41. The van der Waals surface area contributed by atoms with Crippen LogP contribution in [-0.4, -0.2) is 30.6 Å². The summed E-state index contributed by atoms with van der Waals surface area (Å²) in [5, 5.41) is 0. The van der Waals surface area contributed by atoms with Gasteiger partial charge in [-0.15, -0.1) is 0 Å². The molecule has 0 aromatic carbocycles. The van der Waals surface area contributed by atoms with Crippen LogP contribution in [0, 0.1) is 5.41 Å². The van der Waals surface area contributed by atoms with E-state index in [9.17, 15) is 0 Å². The lowest BCUT2D eigenvalue weighted by Gasteiger charge is -2.35. The molecule has 2 atom stereocenters. The Bertz CT molecular complexity index is 149. The fourth-order valence-corrected chi connectivity index (χ4v) is 1.43. The third kappa shape index (κ3) is 4.97. The highest BCUT2D eigenvalue weighted by molar-refractivity contribution is 4.78. The fourth-order valence-electron chi connectivity index (χ4n) is 1.43. The lowest BCUT2D eigenvalue weighted by molar-refractivity contribution is 0.137. The van der Waals surface area contributed by atoms with E-state index in [1.807, 2.05) is 0 Å². The van der Waals surface area contributed by atoms with Gasteiger partial charge in [0.15, 0.2) is 0 Å². The quantitative estimate of drug-likeness (QED) is 0.739. The first kappa shape index (κ1) is 13.9. The van der Waals surface area contributed by atoms with Crippen molar-refractivity contribution in [2.24, 2.45) is 11.1 Å². The number of hydrogen-bond acceptors (Lipinski definition) is 2. The Kier molecular flexibility index (Phi) is 5.68. The molecule has 0 fully saturated rings. The van der Waals surface area contributed by atoms with Gasteiger partial charge < -0.3 is 10.6 Å². The molecule has 0 aliphatic carbocycles. The zero-order chi connectivity index (χ0) is 11.4. The second-order valence-corrected chi connectivity index (χ2v) is 5.48. The molecule has 0 saturated carbocycles. The molecular formula is C12H28N2. The van der Waals surface area contributed by atoms with Gasteiger partial charge in [0.05, 0.1) is 0 Å². The number of rotatable bonds is 5. The summed E-state index contributed by atoms with van der Waals surface area (Å²) in [4.78, 5) is 2.41. The van der Waals surface area contributed by atoms with Gasteiger partial charge in [-0.05, 0) is 38.8 Å². The van der Waals surface area contributed by atoms with Crippen molar-refractivity contribution in [2.45, 2.75) is 59.5 Å². The summed E-state index contributed by atoms with van der Waals surface area (Å²) in [6, 6.07) is 0.969. The summed E-state index contributed by atoms with van der Waals surface area (Å²) < 4.78 is 0. The van der Waals surface area contributed by atoms with Crippen LogP contribution in [0.3, 0.4) is 0 Å². The van der Waals surface area contributed by atoms with Crippen LogP contribution in [0.25, 0.3) is 0 Å². The van der Waals surface area contributed by atoms with E-state index in [-0.39, 0.29) is 0 Å². The zero-order valence-corrected chi connectivity index (χ0v) is 10.8. The van der Waals surface area contributed by atoms with Crippen LogP contribution in [0.4, 0.5) is 0 Å². The van der Waals surface area contributed by atoms with Gasteiger partial charge >= 0.3 is 0 Å². The van der Waals surface area contributed by atoms with Crippen molar-refractivity contribution in [2.75, 3.05) is 13.6 Å². The van der Waals surface area contributed by atoms with Crippen LogP contribution in [0.2, 0.25) is 0 Å². The second-order valence-electron chi connectivity index (χ2n) is 5.48. The largest absolute Gasteiger partial charge is 0.328 e. The van der Waals surface area contributed by atoms with Gasteiger partial charge in [-0.3, -0.25) is 0 Å². The molecule has 86 valence electrons. The highest BCUT2D eigenvalue weighted by atomic mass is 15.1. The number of hydrogen-bond donors (Lipinski definition) is 1. The van der Waals surface area contributed by atoms with Crippen LogP contribution in [0.15, 0.2) is 0 Å². The van der Waals surface area contributed by atoms with Gasteiger partial charge in [0.1, 0.15) is 0 Å². The molecule has 0 rings (SSSR count). The maximum atomic E-state index is 5.90. The molecule has 2 heteroatoms. The summed E-state index contributed by atoms with van der Waals surface area (Å²) in [6.07, 6.45) is 2.19. The number of nitrogens with zero attached hydrogens (tertiary/aromatic N) is 1. The molecule has 0 amide bonds. The summed E-state index contributed by atoms with van der Waals surface area (Å²) >= 11 is 0. The van der Waals surface area contributed by atoms with E-state index >= 15 is 0 Å². The minimum Gasteiger partial charge on any atom is -0.328 e. The minimum atomic E-state index is 0.352. The van der Waals surface area contributed by atoms with Crippen molar-refractivity contribution in [3.05, 3.63) is 0 Å². The predicted octanol–water partition coefficient (Wildman–Crippen LogP) is 2.48. The Hall–Kier alpha value is -0.0800. The van der Waals surface area contributed by atoms with E-state index in [1.54, 1.807) is 0 Å². The molecule has 0 radical (unpaired) electrons. The first-order valence-electron chi connectivity index (χ1n) is 5.74. The third-order valence-corrected chi connectivity index (χ3v) is 3.29. The van der Waals surface area contributed by atoms with E-state index < -0.39 is 0 Å². The van der Waals surface area contributed by atoms with Gasteiger partial charge in [0.2, 0.25) is 0 Å². The molecule has 0 saturated heterocycles. The van der Waals surface area contributed by atoms with Gasteiger partial charge in [0, 0.05) is 12.1 Å². The third-order valence-electron chi connectivity index (χ3n) is 3.29. The van der Waals surface area contributed by atoms with Crippen molar-refractivity contribution in [1.29, 1.82) is 0 Å². The summed E-state index contributed by atoms with van der Waals surface area (Å²) in [6.45, 7) is 12.4. The molecule has 0 aromatic heterocycles. The Morgan fingerprint density at radius 1 is 1.29 bits per heavy atom. The normalized spacial score (nSPS) is 17.1. The summed E-state index contributed by atoms with van der Waals surface area (Å²) in [5.41, 5.74) is 6.26. The smallest absolute Gasteiger partial charge is 0.0112 e. The van der Waals surface area contributed by atoms with E-state index in [2.05, 4.69) is 46.6 Å². The van der Waals surface area contributed by atoms with Gasteiger partial charge in [-0.2, -0.15) is 0 Å². The molecule has 2 unspecified atom stereocenters. The summed E-state index contributed by atoms with van der Waals surface area (Å²) in [7, 11) is 2.19. The average molecular weight is 200 g/mol. The molecule has 0 spiro atoms. The first-order valence-corrected chi connectivity index (χ1v) is 5.74. The van der Waals surface area contributed by atoms with Gasteiger partial charge in [-0.25, -0.2) is 0 Å². The Morgan fingerprint density at radius 2 is 1.79 bits per heavy atom. The van der Waals surface area contributed by atoms with Crippen LogP contribution < -0.4 is 5.73 Å². The van der Waals surface area contributed by atoms with Crippen molar-refractivity contribution in [3.8, 4) is 0 Å². The standard InChI is InChI=1S/C12H28N2/c1-7-11(13)8-9-14(6)10(2)12(3,4)5/h10-11H,7-9,13H2,1-6H3. The number of nitrogens with two attached hydrogens (primary N) is 1. The molecule has 2 nitrogen and oxygen atoms in total. The molecular weight excluding hydrogens is 172 g/mol. The molecule has 0 bridgehead atoms.